The standard InChI is InChI=1S/C13H18BrFN2O2S/c1-2-17(11-5-7-16-8-6-11)20(18,19)13-4-3-10(15)9-12(13)14/h3-4,9,11,16H,2,5-8H2,1H3. The van der Waals surface area contributed by atoms with Crippen LogP contribution in [0.1, 0.15) is 19.8 Å². The predicted octanol–water partition coefficient (Wildman–Crippen LogP) is 2.35. The molecule has 0 unspecified atom stereocenters. The molecule has 0 saturated carbocycles. The van der Waals surface area contributed by atoms with Crippen molar-refractivity contribution in [2.75, 3.05) is 19.6 Å². The van der Waals surface area contributed by atoms with Gasteiger partial charge >= 0.3 is 0 Å². The van der Waals surface area contributed by atoms with Gasteiger partial charge in [0.05, 0.1) is 4.90 Å². The van der Waals surface area contributed by atoms with Gasteiger partial charge in [-0.2, -0.15) is 4.31 Å². The second kappa shape index (κ2) is 6.51. The Labute approximate surface area is 127 Å². The molecule has 0 spiro atoms. The summed E-state index contributed by atoms with van der Waals surface area (Å²) >= 11 is 3.15. The van der Waals surface area contributed by atoms with Gasteiger partial charge in [-0.3, -0.25) is 0 Å². The van der Waals surface area contributed by atoms with Crippen molar-refractivity contribution in [2.45, 2.75) is 30.7 Å². The molecule has 2 rings (SSSR count). The molecule has 1 aromatic carbocycles. The van der Waals surface area contributed by atoms with Gasteiger partial charge in [0.25, 0.3) is 0 Å². The van der Waals surface area contributed by atoms with Crippen molar-refractivity contribution in [3.05, 3.63) is 28.5 Å². The Morgan fingerprint density at radius 1 is 1.40 bits per heavy atom. The maximum atomic E-state index is 13.1. The largest absolute Gasteiger partial charge is 0.317 e. The van der Waals surface area contributed by atoms with Crippen molar-refractivity contribution >= 4 is 26.0 Å². The van der Waals surface area contributed by atoms with E-state index < -0.39 is 15.8 Å². The van der Waals surface area contributed by atoms with Crippen LogP contribution in [0.2, 0.25) is 0 Å². The van der Waals surface area contributed by atoms with Crippen LogP contribution in [0.25, 0.3) is 0 Å². The van der Waals surface area contributed by atoms with Crippen LogP contribution < -0.4 is 5.32 Å². The number of sulfonamides is 1. The Balaban J connectivity index is 2.35. The lowest BCUT2D eigenvalue weighted by molar-refractivity contribution is 0.270. The minimum Gasteiger partial charge on any atom is -0.317 e. The Morgan fingerprint density at radius 2 is 2.05 bits per heavy atom. The van der Waals surface area contributed by atoms with Gasteiger partial charge in [0.15, 0.2) is 0 Å². The van der Waals surface area contributed by atoms with Gasteiger partial charge in [0.2, 0.25) is 10.0 Å². The minimum absolute atomic E-state index is 0.00297. The topological polar surface area (TPSA) is 49.4 Å². The van der Waals surface area contributed by atoms with Crippen molar-refractivity contribution in [3.8, 4) is 0 Å². The maximum Gasteiger partial charge on any atom is 0.244 e. The van der Waals surface area contributed by atoms with Crippen LogP contribution in [-0.4, -0.2) is 38.4 Å². The summed E-state index contributed by atoms with van der Waals surface area (Å²) in [6, 6.07) is 3.68. The van der Waals surface area contributed by atoms with Crippen molar-refractivity contribution in [1.29, 1.82) is 0 Å². The summed E-state index contributed by atoms with van der Waals surface area (Å²) in [4.78, 5) is 0.124. The Hall–Kier alpha value is -0.500. The SMILES string of the molecule is CCN(C1CCNCC1)S(=O)(=O)c1ccc(F)cc1Br. The van der Waals surface area contributed by atoms with E-state index >= 15 is 0 Å². The highest BCUT2D eigenvalue weighted by atomic mass is 79.9. The van der Waals surface area contributed by atoms with E-state index in [1.807, 2.05) is 6.92 Å². The molecule has 20 heavy (non-hydrogen) atoms. The first kappa shape index (κ1) is 15.9. The smallest absolute Gasteiger partial charge is 0.244 e. The second-order valence-corrected chi connectivity index (χ2v) is 7.48. The van der Waals surface area contributed by atoms with Crippen LogP contribution in [-0.2, 0) is 10.0 Å². The second-order valence-electron chi connectivity index (χ2n) is 4.76. The predicted molar refractivity (Wildman–Crippen MR) is 79.6 cm³/mol. The molecule has 112 valence electrons. The van der Waals surface area contributed by atoms with E-state index in [2.05, 4.69) is 21.2 Å². The zero-order valence-corrected chi connectivity index (χ0v) is 13.7. The summed E-state index contributed by atoms with van der Waals surface area (Å²) in [6.45, 7) is 3.89. The first-order valence-electron chi connectivity index (χ1n) is 6.64. The van der Waals surface area contributed by atoms with Crippen molar-refractivity contribution in [3.63, 3.8) is 0 Å². The third kappa shape index (κ3) is 3.21. The fraction of sp³-hybridized carbons (Fsp3) is 0.538. The summed E-state index contributed by atoms with van der Waals surface area (Å²) in [5, 5.41) is 3.22. The van der Waals surface area contributed by atoms with Crippen molar-refractivity contribution in [1.82, 2.24) is 9.62 Å². The quantitative estimate of drug-likeness (QED) is 0.891. The molecule has 1 aliphatic rings. The van der Waals surface area contributed by atoms with Gasteiger partial charge < -0.3 is 5.32 Å². The Bertz CT molecular complexity index is 574. The molecule has 4 nitrogen and oxygen atoms in total. The van der Waals surface area contributed by atoms with Crippen LogP contribution >= 0.6 is 15.9 Å². The number of benzene rings is 1. The average Bonchev–Trinajstić information content (AvgIpc) is 2.40. The Morgan fingerprint density at radius 3 is 2.60 bits per heavy atom. The fourth-order valence-corrected chi connectivity index (χ4v) is 5.24. The highest BCUT2D eigenvalue weighted by molar-refractivity contribution is 9.10. The van der Waals surface area contributed by atoms with Crippen LogP contribution in [0.3, 0.4) is 0 Å². The van der Waals surface area contributed by atoms with E-state index in [0.29, 0.717) is 6.54 Å². The third-order valence-corrected chi connectivity index (χ3v) is 6.51. The monoisotopic (exact) mass is 364 g/mol. The molecular weight excluding hydrogens is 347 g/mol. The molecule has 7 heteroatoms. The molecule has 1 N–H and O–H groups in total. The van der Waals surface area contributed by atoms with E-state index in [0.717, 1.165) is 25.9 Å². The summed E-state index contributed by atoms with van der Waals surface area (Å²) in [7, 11) is -3.61. The molecule has 0 aliphatic carbocycles. The molecule has 0 atom stereocenters. The van der Waals surface area contributed by atoms with Gasteiger partial charge in [0, 0.05) is 17.1 Å². The number of nitrogens with one attached hydrogen (secondary N) is 1. The van der Waals surface area contributed by atoms with E-state index in [4.69, 9.17) is 0 Å². The molecule has 0 amide bonds. The maximum absolute atomic E-state index is 13.1. The molecular formula is C13H18BrFN2O2S. The fourth-order valence-electron chi connectivity index (χ4n) is 2.53. The van der Waals surface area contributed by atoms with Gasteiger partial charge in [-0.15, -0.1) is 0 Å². The molecule has 0 bridgehead atoms. The van der Waals surface area contributed by atoms with Crippen molar-refractivity contribution in [2.24, 2.45) is 0 Å². The summed E-state index contributed by atoms with van der Waals surface area (Å²) in [6.07, 6.45) is 1.60. The molecule has 1 aromatic rings. The van der Waals surface area contributed by atoms with Crippen LogP contribution in [0.5, 0.6) is 0 Å². The summed E-state index contributed by atoms with van der Waals surface area (Å²) < 4.78 is 40.4. The summed E-state index contributed by atoms with van der Waals surface area (Å²) in [5.41, 5.74) is 0. The lowest BCUT2D eigenvalue weighted by atomic mass is 10.1. The lowest BCUT2D eigenvalue weighted by Gasteiger charge is -2.33. The molecule has 0 radical (unpaired) electrons. The summed E-state index contributed by atoms with van der Waals surface area (Å²) in [5.74, 6) is -0.458. The third-order valence-electron chi connectivity index (χ3n) is 3.51. The average molecular weight is 365 g/mol. The molecule has 1 saturated heterocycles. The number of nitrogens with zero attached hydrogens (tertiary/aromatic N) is 1. The van der Waals surface area contributed by atoms with Crippen LogP contribution in [0.4, 0.5) is 4.39 Å². The molecule has 1 fully saturated rings. The molecule has 1 aliphatic heterocycles. The van der Waals surface area contributed by atoms with E-state index in [1.54, 1.807) is 0 Å². The van der Waals surface area contributed by atoms with Gasteiger partial charge in [-0.1, -0.05) is 6.92 Å². The normalized spacial score (nSPS) is 17.6. The van der Waals surface area contributed by atoms with Crippen LogP contribution in [0, 0.1) is 5.82 Å². The van der Waals surface area contributed by atoms with E-state index in [1.165, 1.54) is 22.5 Å². The number of halogens is 2. The number of hydrogen-bond donors (Lipinski definition) is 1. The highest BCUT2D eigenvalue weighted by Crippen LogP contribution is 2.28. The minimum atomic E-state index is -3.61. The zero-order chi connectivity index (χ0) is 14.8. The Kier molecular flexibility index (Phi) is 5.17. The van der Waals surface area contributed by atoms with Crippen LogP contribution in [0.15, 0.2) is 27.6 Å². The lowest BCUT2D eigenvalue weighted by Crippen LogP contribution is -2.46. The first-order valence-corrected chi connectivity index (χ1v) is 8.87. The van der Waals surface area contributed by atoms with Crippen molar-refractivity contribution < 1.29 is 12.8 Å². The number of piperidine rings is 1. The molecule has 1 heterocycles. The van der Waals surface area contributed by atoms with Gasteiger partial charge in [-0.05, 0) is 60.1 Å². The highest BCUT2D eigenvalue weighted by Gasteiger charge is 2.32. The first-order chi connectivity index (χ1) is 9.46. The van der Waals surface area contributed by atoms with E-state index in [-0.39, 0.29) is 15.4 Å². The van der Waals surface area contributed by atoms with Gasteiger partial charge in [0.1, 0.15) is 5.82 Å². The zero-order valence-electron chi connectivity index (χ0n) is 11.3. The number of rotatable bonds is 4. The molecule has 0 aromatic heterocycles. The van der Waals surface area contributed by atoms with Gasteiger partial charge in [-0.25, -0.2) is 12.8 Å². The van der Waals surface area contributed by atoms with E-state index in [9.17, 15) is 12.8 Å². The number of hydrogen-bond acceptors (Lipinski definition) is 3.